The third-order valence-corrected chi connectivity index (χ3v) is 6.50. The van der Waals surface area contributed by atoms with Gasteiger partial charge in [-0.05, 0) is 87.8 Å². The van der Waals surface area contributed by atoms with Gasteiger partial charge in [-0.1, -0.05) is 42.0 Å². The lowest BCUT2D eigenvalue weighted by Gasteiger charge is -2.31. The number of nitrogen functional groups attached to an aromatic ring is 3. The van der Waals surface area contributed by atoms with Crippen molar-refractivity contribution in [2.45, 2.75) is 12.3 Å². The molecule has 0 atom stereocenters. The highest BCUT2D eigenvalue weighted by Crippen LogP contribution is 2.63. The van der Waals surface area contributed by atoms with E-state index in [4.69, 9.17) is 17.2 Å². The highest BCUT2D eigenvalue weighted by molar-refractivity contribution is 5.96. The zero-order valence-electron chi connectivity index (χ0n) is 16.2. The van der Waals surface area contributed by atoms with E-state index in [1.165, 1.54) is 50.1 Å². The lowest BCUT2D eigenvalue weighted by atomic mass is 9.70. The largest absolute Gasteiger partial charge is 0.399 e. The summed E-state index contributed by atoms with van der Waals surface area (Å²) >= 11 is 0. The summed E-state index contributed by atoms with van der Waals surface area (Å²) in [5.41, 5.74) is 31.7. The van der Waals surface area contributed by atoms with Crippen molar-refractivity contribution in [1.29, 1.82) is 0 Å². The molecule has 0 unspecified atom stereocenters. The van der Waals surface area contributed by atoms with Gasteiger partial charge in [-0.3, -0.25) is 0 Å². The molecule has 0 fully saturated rings. The number of hydrogen-bond donors (Lipinski definition) is 3. The topological polar surface area (TPSA) is 78.1 Å². The molecule has 0 aromatic heterocycles. The number of benzene rings is 4. The molecule has 2 aliphatic rings. The molecule has 2 aliphatic carbocycles. The van der Waals surface area contributed by atoms with Gasteiger partial charge in [0.15, 0.2) is 0 Å². The van der Waals surface area contributed by atoms with Crippen molar-refractivity contribution in [3.8, 4) is 22.3 Å². The van der Waals surface area contributed by atoms with Crippen LogP contribution in [0.4, 0.5) is 17.1 Å². The number of anilines is 3. The van der Waals surface area contributed by atoms with Crippen molar-refractivity contribution in [3.05, 3.63) is 101 Å². The second kappa shape index (κ2) is 5.21. The fraction of sp³-hybridized carbons (Fsp3) is 0.0769. The average molecular weight is 375 g/mol. The number of nitrogens with two attached hydrogens (primary N) is 3. The molecule has 6 N–H and O–H groups in total. The zero-order chi connectivity index (χ0) is 19.9. The molecule has 4 aromatic rings. The summed E-state index contributed by atoms with van der Waals surface area (Å²) in [6.07, 6.45) is 0. The summed E-state index contributed by atoms with van der Waals surface area (Å²) in [6, 6.07) is 25.4. The Morgan fingerprint density at radius 2 is 0.828 bits per heavy atom. The zero-order valence-corrected chi connectivity index (χ0v) is 16.2. The van der Waals surface area contributed by atoms with Gasteiger partial charge in [0.05, 0.1) is 5.41 Å². The lowest BCUT2D eigenvalue weighted by molar-refractivity contribution is 0.794. The first-order valence-corrected chi connectivity index (χ1v) is 9.82. The molecule has 0 saturated heterocycles. The Kier molecular flexibility index (Phi) is 2.92. The molecule has 0 saturated carbocycles. The molecule has 3 heteroatoms. The standard InChI is InChI=1S/C26H21N3/c1-14-2-6-18-19-7-3-15(27)11-23(19)26(22(18)10-14)24-12-16(28)4-8-20(24)21-9-5-17(29)13-25(21)26/h2-13H,27-29H2,1H3. The van der Waals surface area contributed by atoms with Crippen LogP contribution < -0.4 is 17.2 Å². The Hall–Kier alpha value is -3.72. The minimum absolute atomic E-state index is 0.457. The van der Waals surface area contributed by atoms with Gasteiger partial charge in [-0.25, -0.2) is 0 Å². The van der Waals surface area contributed by atoms with Crippen molar-refractivity contribution in [2.24, 2.45) is 0 Å². The molecular formula is C26H21N3. The highest BCUT2D eigenvalue weighted by atomic mass is 14.6. The molecule has 0 amide bonds. The molecule has 0 aliphatic heterocycles. The average Bonchev–Trinajstić information content (AvgIpc) is 3.13. The normalized spacial score (nSPS) is 14.4. The first-order chi connectivity index (χ1) is 14.0. The summed E-state index contributed by atoms with van der Waals surface area (Å²) in [7, 11) is 0. The third-order valence-electron chi connectivity index (χ3n) is 6.50. The number of hydrogen-bond acceptors (Lipinski definition) is 3. The molecule has 6 rings (SSSR count). The maximum atomic E-state index is 6.30. The molecular weight excluding hydrogens is 354 g/mol. The first-order valence-electron chi connectivity index (χ1n) is 9.82. The Morgan fingerprint density at radius 3 is 1.24 bits per heavy atom. The first kappa shape index (κ1) is 16.3. The third kappa shape index (κ3) is 1.87. The molecule has 3 nitrogen and oxygen atoms in total. The Bertz CT molecular complexity index is 1140. The van der Waals surface area contributed by atoms with Crippen LogP contribution in [0.5, 0.6) is 0 Å². The number of rotatable bonds is 0. The van der Waals surface area contributed by atoms with Crippen molar-refractivity contribution >= 4 is 17.1 Å². The molecule has 1 spiro atoms. The quantitative estimate of drug-likeness (QED) is 0.324. The van der Waals surface area contributed by atoms with E-state index in [0.717, 1.165) is 17.1 Å². The summed E-state index contributed by atoms with van der Waals surface area (Å²) in [4.78, 5) is 0. The van der Waals surface area contributed by atoms with Crippen molar-refractivity contribution < 1.29 is 0 Å². The van der Waals surface area contributed by atoms with Crippen LogP contribution in [0.25, 0.3) is 22.3 Å². The van der Waals surface area contributed by atoms with Gasteiger partial charge >= 0.3 is 0 Å². The smallest absolute Gasteiger partial charge is 0.0727 e. The molecule has 0 bridgehead atoms. The number of aryl methyl sites for hydroxylation is 1. The second-order valence-corrected chi connectivity index (χ2v) is 8.21. The lowest BCUT2D eigenvalue weighted by Crippen LogP contribution is -2.26. The minimum Gasteiger partial charge on any atom is -0.399 e. The Labute approximate surface area is 169 Å². The van der Waals surface area contributed by atoms with Crippen LogP contribution in [0, 0.1) is 6.92 Å². The fourth-order valence-corrected chi connectivity index (χ4v) is 5.39. The van der Waals surface area contributed by atoms with Crippen molar-refractivity contribution in [2.75, 3.05) is 17.2 Å². The van der Waals surface area contributed by atoms with E-state index in [-0.39, 0.29) is 0 Å². The molecule has 0 heterocycles. The van der Waals surface area contributed by atoms with Gasteiger partial charge in [0, 0.05) is 17.1 Å². The SMILES string of the molecule is Cc1ccc2c(c1)C1(c3cc(N)ccc3-2)c2cc(N)ccc2-c2ccc(N)cc21. The molecule has 4 aromatic carbocycles. The van der Waals surface area contributed by atoms with Crippen LogP contribution in [-0.2, 0) is 5.41 Å². The molecule has 0 radical (unpaired) electrons. The maximum Gasteiger partial charge on any atom is 0.0727 e. The predicted molar refractivity (Wildman–Crippen MR) is 121 cm³/mol. The van der Waals surface area contributed by atoms with Crippen molar-refractivity contribution in [3.63, 3.8) is 0 Å². The Morgan fingerprint density at radius 1 is 0.483 bits per heavy atom. The highest BCUT2D eigenvalue weighted by Gasteiger charge is 2.51. The van der Waals surface area contributed by atoms with Gasteiger partial charge in [-0.15, -0.1) is 0 Å². The van der Waals surface area contributed by atoms with Crippen LogP contribution in [0.2, 0.25) is 0 Å². The van der Waals surface area contributed by atoms with E-state index >= 15 is 0 Å². The van der Waals surface area contributed by atoms with E-state index in [2.05, 4.69) is 61.5 Å². The van der Waals surface area contributed by atoms with Gasteiger partial charge < -0.3 is 17.2 Å². The second-order valence-electron chi connectivity index (χ2n) is 8.21. The number of fused-ring (bicyclic) bond motifs is 10. The van der Waals surface area contributed by atoms with Crippen molar-refractivity contribution in [1.82, 2.24) is 0 Å². The monoisotopic (exact) mass is 375 g/mol. The van der Waals surface area contributed by atoms with E-state index in [1.54, 1.807) is 0 Å². The summed E-state index contributed by atoms with van der Waals surface area (Å²) in [5, 5.41) is 0. The van der Waals surface area contributed by atoms with Gasteiger partial charge in [-0.2, -0.15) is 0 Å². The van der Waals surface area contributed by atoms with Crippen LogP contribution in [0.3, 0.4) is 0 Å². The summed E-state index contributed by atoms with van der Waals surface area (Å²) in [5.74, 6) is 0. The van der Waals surface area contributed by atoms with Crippen LogP contribution in [-0.4, -0.2) is 0 Å². The summed E-state index contributed by atoms with van der Waals surface area (Å²) in [6.45, 7) is 2.14. The predicted octanol–water partition coefficient (Wildman–Crippen LogP) is 5.09. The van der Waals surface area contributed by atoms with Gasteiger partial charge in [0.1, 0.15) is 0 Å². The maximum absolute atomic E-state index is 6.30. The van der Waals surface area contributed by atoms with Gasteiger partial charge in [0.25, 0.3) is 0 Å². The van der Waals surface area contributed by atoms with Crippen LogP contribution in [0.1, 0.15) is 27.8 Å². The van der Waals surface area contributed by atoms with E-state index in [1.807, 2.05) is 18.2 Å². The van der Waals surface area contributed by atoms with Crippen LogP contribution >= 0.6 is 0 Å². The van der Waals surface area contributed by atoms with E-state index in [9.17, 15) is 0 Å². The van der Waals surface area contributed by atoms with Gasteiger partial charge in [0.2, 0.25) is 0 Å². The molecule has 140 valence electrons. The molecule has 29 heavy (non-hydrogen) atoms. The minimum atomic E-state index is -0.457. The van der Waals surface area contributed by atoms with E-state index in [0.29, 0.717) is 0 Å². The van der Waals surface area contributed by atoms with E-state index < -0.39 is 5.41 Å². The fourth-order valence-electron chi connectivity index (χ4n) is 5.39. The summed E-state index contributed by atoms with van der Waals surface area (Å²) < 4.78 is 0. The Balaban J connectivity index is 1.88. The van der Waals surface area contributed by atoms with Crippen LogP contribution in [0.15, 0.2) is 72.8 Å².